The van der Waals surface area contributed by atoms with Crippen molar-refractivity contribution in [3.05, 3.63) is 47.8 Å². The summed E-state index contributed by atoms with van der Waals surface area (Å²) in [6, 6.07) is 6.53. The van der Waals surface area contributed by atoms with E-state index in [4.69, 9.17) is 5.11 Å². The molecular weight excluding hydrogens is 288 g/mol. The lowest BCUT2D eigenvalue weighted by molar-refractivity contribution is -0.137. The molecule has 108 valence electrons. The molecule has 0 aliphatic heterocycles. The zero-order valence-corrected chi connectivity index (χ0v) is 10.4. The number of hydrogen-bond acceptors (Lipinski definition) is 2. The molecule has 0 saturated carbocycles. The highest BCUT2D eigenvalue weighted by Gasteiger charge is 2.30. The largest absolute Gasteiger partial charge is 0.508 e. The fraction of sp³-hybridized carbons (Fsp3) is 0.0714. The number of alkyl halides is 3. The third-order valence-electron chi connectivity index (χ3n) is 3.02. The molecule has 2 N–H and O–H groups in total. The first kappa shape index (κ1) is 13.4. The number of aromatic hydroxyl groups is 1. The molecule has 3 nitrogen and oxygen atoms in total. The Morgan fingerprint density at radius 1 is 1.05 bits per heavy atom. The number of aromatic amines is 1. The summed E-state index contributed by atoms with van der Waals surface area (Å²) in [5.41, 5.74) is -0.285. The summed E-state index contributed by atoms with van der Waals surface area (Å²) in [6.07, 6.45) is -4.46. The van der Waals surface area contributed by atoms with Crippen LogP contribution in [-0.2, 0) is 6.18 Å². The predicted molar refractivity (Wildman–Crippen MR) is 68.2 cm³/mol. The lowest BCUT2D eigenvalue weighted by Crippen LogP contribution is -2.04. The molecular formula is C14H8F4N2O. The predicted octanol–water partition coefficient (Wildman–Crippen LogP) is 4.09. The number of rotatable bonds is 1. The van der Waals surface area contributed by atoms with Gasteiger partial charge < -0.3 is 10.1 Å². The van der Waals surface area contributed by atoms with Crippen LogP contribution in [-0.4, -0.2) is 15.1 Å². The van der Waals surface area contributed by atoms with Crippen molar-refractivity contribution >= 4 is 11.0 Å². The maximum Gasteiger partial charge on any atom is 0.416 e. The molecule has 0 aliphatic rings. The second kappa shape index (κ2) is 4.47. The number of halogens is 4. The molecule has 3 aromatic rings. The Morgan fingerprint density at radius 3 is 2.48 bits per heavy atom. The van der Waals surface area contributed by atoms with Crippen LogP contribution in [0.15, 0.2) is 36.4 Å². The summed E-state index contributed by atoms with van der Waals surface area (Å²) in [5, 5.41) is 9.15. The molecule has 0 bridgehead atoms. The number of phenolic OH excluding ortho intramolecular Hbond substituents is 1. The minimum Gasteiger partial charge on any atom is -0.508 e. The molecule has 1 heterocycles. The van der Waals surface area contributed by atoms with Gasteiger partial charge in [0.2, 0.25) is 0 Å². The molecule has 0 fully saturated rings. The van der Waals surface area contributed by atoms with Gasteiger partial charge in [-0.05, 0) is 30.3 Å². The quantitative estimate of drug-likeness (QED) is 0.664. The lowest BCUT2D eigenvalue weighted by atomic mass is 10.2. The van der Waals surface area contributed by atoms with Gasteiger partial charge in [0.15, 0.2) is 0 Å². The standard InChI is InChI=1S/C14H8F4N2O/c15-10-6-8(21)2-3-9(10)13-19-11-4-1-7(14(16,17)18)5-12(11)20-13/h1-6,21H,(H,19,20). The van der Waals surface area contributed by atoms with E-state index in [0.717, 1.165) is 18.2 Å². The Balaban J connectivity index is 2.13. The Labute approximate surface area is 115 Å². The average Bonchev–Trinajstić information content (AvgIpc) is 2.79. The van der Waals surface area contributed by atoms with Crippen molar-refractivity contribution in [3.63, 3.8) is 0 Å². The molecule has 3 rings (SSSR count). The van der Waals surface area contributed by atoms with Crippen molar-refractivity contribution < 1.29 is 22.7 Å². The zero-order valence-electron chi connectivity index (χ0n) is 10.4. The van der Waals surface area contributed by atoms with Gasteiger partial charge in [0.05, 0.1) is 22.2 Å². The van der Waals surface area contributed by atoms with Gasteiger partial charge in [-0.3, -0.25) is 0 Å². The first-order chi connectivity index (χ1) is 9.84. The second-order valence-electron chi connectivity index (χ2n) is 4.48. The number of hydrogen-bond donors (Lipinski definition) is 2. The molecule has 21 heavy (non-hydrogen) atoms. The molecule has 0 unspecified atom stereocenters. The Morgan fingerprint density at radius 2 is 1.81 bits per heavy atom. The van der Waals surface area contributed by atoms with Crippen molar-refractivity contribution in [2.75, 3.05) is 0 Å². The van der Waals surface area contributed by atoms with Crippen LogP contribution in [0.4, 0.5) is 17.6 Å². The number of phenols is 1. The minimum absolute atomic E-state index is 0.0672. The fourth-order valence-corrected chi connectivity index (χ4v) is 2.01. The van der Waals surface area contributed by atoms with Crippen molar-refractivity contribution in [1.29, 1.82) is 0 Å². The van der Waals surface area contributed by atoms with Crippen LogP contribution in [0.3, 0.4) is 0 Å². The third kappa shape index (κ3) is 2.42. The molecule has 2 aromatic carbocycles. The van der Waals surface area contributed by atoms with Gasteiger partial charge in [-0.15, -0.1) is 0 Å². The molecule has 7 heteroatoms. The van der Waals surface area contributed by atoms with Gasteiger partial charge in [-0.25, -0.2) is 9.37 Å². The van der Waals surface area contributed by atoms with E-state index in [1.807, 2.05) is 0 Å². The van der Waals surface area contributed by atoms with Crippen molar-refractivity contribution in [3.8, 4) is 17.1 Å². The van der Waals surface area contributed by atoms with Crippen LogP contribution in [0.5, 0.6) is 5.75 Å². The van der Waals surface area contributed by atoms with E-state index >= 15 is 0 Å². The van der Waals surface area contributed by atoms with E-state index in [9.17, 15) is 17.6 Å². The molecule has 0 saturated heterocycles. The number of H-pyrrole nitrogens is 1. The number of fused-ring (bicyclic) bond motifs is 1. The molecule has 0 atom stereocenters. The lowest BCUT2D eigenvalue weighted by Gasteiger charge is -2.05. The molecule has 0 radical (unpaired) electrons. The molecule has 0 amide bonds. The van der Waals surface area contributed by atoms with Gasteiger partial charge in [0, 0.05) is 6.07 Å². The summed E-state index contributed by atoms with van der Waals surface area (Å²) >= 11 is 0. The Hall–Kier alpha value is -2.57. The van der Waals surface area contributed by atoms with Crippen LogP contribution in [0.2, 0.25) is 0 Å². The van der Waals surface area contributed by atoms with Gasteiger partial charge in [0.25, 0.3) is 0 Å². The number of nitrogens with zero attached hydrogens (tertiary/aromatic N) is 1. The summed E-state index contributed by atoms with van der Waals surface area (Å²) in [7, 11) is 0. The van der Waals surface area contributed by atoms with Gasteiger partial charge in [-0.2, -0.15) is 13.2 Å². The SMILES string of the molecule is Oc1ccc(-c2nc3ccc(C(F)(F)F)cc3[nH]2)c(F)c1. The second-order valence-corrected chi connectivity index (χ2v) is 4.48. The minimum atomic E-state index is -4.46. The van der Waals surface area contributed by atoms with Crippen molar-refractivity contribution in [2.24, 2.45) is 0 Å². The Bertz CT molecular complexity index is 823. The first-order valence-electron chi connectivity index (χ1n) is 5.90. The van der Waals surface area contributed by atoms with Gasteiger partial charge in [-0.1, -0.05) is 0 Å². The van der Waals surface area contributed by atoms with E-state index in [-0.39, 0.29) is 22.7 Å². The van der Waals surface area contributed by atoms with Crippen LogP contribution < -0.4 is 0 Å². The van der Waals surface area contributed by atoms with E-state index < -0.39 is 17.6 Å². The van der Waals surface area contributed by atoms with Crippen LogP contribution in [0.25, 0.3) is 22.4 Å². The fourth-order valence-electron chi connectivity index (χ4n) is 2.01. The summed E-state index contributed by atoms with van der Waals surface area (Å²) < 4.78 is 51.6. The maximum absolute atomic E-state index is 13.7. The molecule has 0 aliphatic carbocycles. The van der Waals surface area contributed by atoms with Gasteiger partial charge >= 0.3 is 6.18 Å². The maximum atomic E-state index is 13.7. The van der Waals surface area contributed by atoms with E-state index in [1.54, 1.807) is 0 Å². The number of imidazole rings is 1. The van der Waals surface area contributed by atoms with Crippen LogP contribution in [0, 0.1) is 5.82 Å². The first-order valence-corrected chi connectivity index (χ1v) is 5.90. The van der Waals surface area contributed by atoms with Crippen molar-refractivity contribution in [1.82, 2.24) is 9.97 Å². The number of nitrogens with one attached hydrogen (secondary N) is 1. The summed E-state index contributed by atoms with van der Waals surface area (Å²) in [5.74, 6) is -0.862. The smallest absolute Gasteiger partial charge is 0.416 e. The highest BCUT2D eigenvalue weighted by Crippen LogP contribution is 2.32. The number of benzene rings is 2. The van der Waals surface area contributed by atoms with Crippen LogP contribution >= 0.6 is 0 Å². The zero-order chi connectivity index (χ0) is 15.2. The van der Waals surface area contributed by atoms with E-state index in [0.29, 0.717) is 5.52 Å². The Kier molecular flexibility index (Phi) is 2.86. The topological polar surface area (TPSA) is 48.9 Å². The summed E-state index contributed by atoms with van der Waals surface area (Å²) in [6.45, 7) is 0. The highest BCUT2D eigenvalue weighted by molar-refractivity contribution is 5.80. The van der Waals surface area contributed by atoms with E-state index in [1.165, 1.54) is 18.2 Å². The highest BCUT2D eigenvalue weighted by atomic mass is 19.4. The monoisotopic (exact) mass is 296 g/mol. The summed E-state index contributed by atoms with van der Waals surface area (Å²) in [4.78, 5) is 6.70. The average molecular weight is 296 g/mol. The van der Waals surface area contributed by atoms with Crippen molar-refractivity contribution in [2.45, 2.75) is 6.18 Å². The number of aromatic nitrogens is 2. The molecule has 1 aromatic heterocycles. The van der Waals surface area contributed by atoms with E-state index in [2.05, 4.69) is 9.97 Å². The van der Waals surface area contributed by atoms with Crippen LogP contribution in [0.1, 0.15) is 5.56 Å². The third-order valence-corrected chi connectivity index (χ3v) is 3.02. The van der Waals surface area contributed by atoms with Gasteiger partial charge in [0.1, 0.15) is 17.4 Å². The normalized spacial score (nSPS) is 12.0. The molecule has 0 spiro atoms.